The second-order valence-corrected chi connectivity index (χ2v) is 5.25. The fourth-order valence-electron chi connectivity index (χ4n) is 2.83. The van der Waals surface area contributed by atoms with Gasteiger partial charge in [-0.25, -0.2) is 0 Å². The minimum atomic E-state index is 0.765. The summed E-state index contributed by atoms with van der Waals surface area (Å²) in [6, 6.07) is 5.95. The molecule has 2 N–H and O–H groups in total. The van der Waals surface area contributed by atoms with Crippen molar-refractivity contribution in [3.8, 4) is 5.75 Å². The van der Waals surface area contributed by atoms with Crippen LogP contribution in [0, 0.1) is 5.92 Å². The Bertz CT molecular complexity index is 392. The maximum atomic E-state index is 5.78. The van der Waals surface area contributed by atoms with Crippen LogP contribution in [0.1, 0.15) is 31.7 Å². The quantitative estimate of drug-likeness (QED) is 0.814. The lowest BCUT2D eigenvalue weighted by molar-refractivity contribution is 0.305. The van der Waals surface area contributed by atoms with Crippen LogP contribution in [-0.4, -0.2) is 25.1 Å². The van der Waals surface area contributed by atoms with Crippen molar-refractivity contribution in [2.75, 3.05) is 25.9 Å². The number of nitrogen functional groups attached to an aromatic ring is 1. The van der Waals surface area contributed by atoms with Gasteiger partial charge in [0.25, 0.3) is 0 Å². The van der Waals surface area contributed by atoms with Crippen molar-refractivity contribution in [3.63, 3.8) is 0 Å². The zero-order valence-corrected chi connectivity index (χ0v) is 11.5. The fourth-order valence-corrected chi connectivity index (χ4v) is 2.83. The SMILES string of the molecule is CCCC1CCN(Cc2ccc(N)cc2OC)C1. The third-order valence-electron chi connectivity index (χ3n) is 3.77. The first kappa shape index (κ1) is 13.2. The predicted molar refractivity (Wildman–Crippen MR) is 75.7 cm³/mol. The first-order valence-electron chi connectivity index (χ1n) is 6.87. The minimum Gasteiger partial charge on any atom is -0.496 e. The number of nitrogens with two attached hydrogens (primary N) is 1. The lowest BCUT2D eigenvalue weighted by Gasteiger charge is -2.18. The highest BCUT2D eigenvalue weighted by atomic mass is 16.5. The van der Waals surface area contributed by atoms with E-state index in [1.807, 2.05) is 12.1 Å². The van der Waals surface area contributed by atoms with Crippen LogP contribution in [0.15, 0.2) is 18.2 Å². The van der Waals surface area contributed by atoms with E-state index in [0.29, 0.717) is 0 Å². The number of anilines is 1. The fraction of sp³-hybridized carbons (Fsp3) is 0.600. The number of ether oxygens (including phenoxy) is 1. The average Bonchev–Trinajstić information content (AvgIpc) is 2.79. The topological polar surface area (TPSA) is 38.5 Å². The molecule has 2 rings (SSSR count). The molecule has 3 nitrogen and oxygen atoms in total. The second-order valence-electron chi connectivity index (χ2n) is 5.25. The number of rotatable bonds is 5. The Balaban J connectivity index is 1.98. The molecule has 1 aromatic carbocycles. The molecule has 0 amide bonds. The Morgan fingerprint density at radius 2 is 2.28 bits per heavy atom. The largest absolute Gasteiger partial charge is 0.496 e. The van der Waals surface area contributed by atoms with Crippen molar-refractivity contribution in [2.45, 2.75) is 32.7 Å². The van der Waals surface area contributed by atoms with Gasteiger partial charge in [-0.1, -0.05) is 19.4 Å². The molecule has 1 fully saturated rings. The molecule has 3 heteroatoms. The van der Waals surface area contributed by atoms with E-state index in [1.54, 1.807) is 7.11 Å². The Hall–Kier alpha value is -1.22. The van der Waals surface area contributed by atoms with E-state index in [0.717, 1.165) is 23.9 Å². The van der Waals surface area contributed by atoms with E-state index in [4.69, 9.17) is 10.5 Å². The standard InChI is InChI=1S/C15H24N2O/c1-3-4-12-7-8-17(10-12)11-13-5-6-14(16)9-15(13)18-2/h5-6,9,12H,3-4,7-8,10-11,16H2,1-2H3. The van der Waals surface area contributed by atoms with Crippen LogP contribution in [0.4, 0.5) is 5.69 Å². The Kier molecular flexibility index (Phi) is 4.48. The van der Waals surface area contributed by atoms with E-state index < -0.39 is 0 Å². The van der Waals surface area contributed by atoms with Crippen molar-refractivity contribution < 1.29 is 4.74 Å². The summed E-state index contributed by atoms with van der Waals surface area (Å²) in [5.74, 6) is 1.80. The maximum Gasteiger partial charge on any atom is 0.125 e. The van der Waals surface area contributed by atoms with E-state index in [9.17, 15) is 0 Å². The van der Waals surface area contributed by atoms with Crippen LogP contribution in [-0.2, 0) is 6.54 Å². The Labute approximate surface area is 110 Å². The number of hydrogen-bond acceptors (Lipinski definition) is 3. The van der Waals surface area contributed by atoms with Gasteiger partial charge in [0.15, 0.2) is 0 Å². The first-order chi connectivity index (χ1) is 8.72. The summed E-state index contributed by atoms with van der Waals surface area (Å²) in [6.07, 6.45) is 3.99. The molecule has 1 aliphatic rings. The molecule has 1 aliphatic heterocycles. The van der Waals surface area contributed by atoms with Crippen molar-refractivity contribution >= 4 is 5.69 Å². The molecule has 18 heavy (non-hydrogen) atoms. The normalized spacial score (nSPS) is 20.2. The van der Waals surface area contributed by atoms with Gasteiger partial charge in [-0.05, 0) is 31.4 Å². The van der Waals surface area contributed by atoms with Crippen LogP contribution in [0.3, 0.4) is 0 Å². The van der Waals surface area contributed by atoms with Crippen molar-refractivity contribution in [1.29, 1.82) is 0 Å². The molecule has 1 aromatic rings. The molecule has 100 valence electrons. The highest BCUT2D eigenvalue weighted by molar-refractivity contribution is 5.48. The maximum absolute atomic E-state index is 5.78. The lowest BCUT2D eigenvalue weighted by Crippen LogP contribution is -2.20. The first-order valence-corrected chi connectivity index (χ1v) is 6.87. The number of hydrogen-bond donors (Lipinski definition) is 1. The molecule has 1 unspecified atom stereocenters. The zero-order valence-electron chi connectivity index (χ0n) is 11.5. The molecule has 1 saturated heterocycles. The number of nitrogens with zero attached hydrogens (tertiary/aromatic N) is 1. The molecule has 0 saturated carbocycles. The molecular formula is C15H24N2O. The van der Waals surface area contributed by atoms with E-state index in [1.165, 1.54) is 37.9 Å². The summed E-state index contributed by atoms with van der Waals surface area (Å²) in [4.78, 5) is 2.52. The van der Waals surface area contributed by atoms with Crippen LogP contribution in [0.25, 0.3) is 0 Å². The third-order valence-corrected chi connectivity index (χ3v) is 3.77. The molecule has 0 aliphatic carbocycles. The molecule has 0 radical (unpaired) electrons. The summed E-state index contributed by atoms with van der Waals surface area (Å²) >= 11 is 0. The van der Waals surface area contributed by atoms with Crippen LogP contribution in [0.5, 0.6) is 5.75 Å². The second kappa shape index (κ2) is 6.10. The van der Waals surface area contributed by atoms with Crippen LogP contribution < -0.4 is 10.5 Å². The van der Waals surface area contributed by atoms with Gasteiger partial charge in [0.1, 0.15) is 5.75 Å². The van der Waals surface area contributed by atoms with Gasteiger partial charge in [0.05, 0.1) is 7.11 Å². The van der Waals surface area contributed by atoms with E-state index >= 15 is 0 Å². The third kappa shape index (κ3) is 3.16. The molecule has 1 atom stereocenters. The van der Waals surface area contributed by atoms with Gasteiger partial charge >= 0.3 is 0 Å². The number of methoxy groups -OCH3 is 1. The molecule has 0 spiro atoms. The van der Waals surface area contributed by atoms with Crippen molar-refractivity contribution in [2.24, 2.45) is 5.92 Å². The molecule has 1 heterocycles. The zero-order chi connectivity index (χ0) is 13.0. The predicted octanol–water partition coefficient (Wildman–Crippen LogP) is 2.90. The monoisotopic (exact) mass is 248 g/mol. The lowest BCUT2D eigenvalue weighted by atomic mass is 10.0. The summed E-state index contributed by atoms with van der Waals surface area (Å²) < 4.78 is 5.40. The van der Waals surface area contributed by atoms with Crippen LogP contribution in [0.2, 0.25) is 0 Å². The molecule has 0 bridgehead atoms. The van der Waals surface area contributed by atoms with Gasteiger partial charge in [0, 0.05) is 30.4 Å². The van der Waals surface area contributed by atoms with Gasteiger partial charge in [-0.2, -0.15) is 0 Å². The van der Waals surface area contributed by atoms with Crippen molar-refractivity contribution in [3.05, 3.63) is 23.8 Å². The summed E-state index contributed by atoms with van der Waals surface area (Å²) in [6.45, 7) is 5.68. The molecule has 0 aromatic heterocycles. The van der Waals surface area contributed by atoms with Gasteiger partial charge in [-0.3, -0.25) is 4.90 Å². The van der Waals surface area contributed by atoms with Gasteiger partial charge < -0.3 is 10.5 Å². The number of benzene rings is 1. The minimum absolute atomic E-state index is 0.765. The smallest absolute Gasteiger partial charge is 0.125 e. The van der Waals surface area contributed by atoms with Gasteiger partial charge in [-0.15, -0.1) is 0 Å². The van der Waals surface area contributed by atoms with Crippen molar-refractivity contribution in [1.82, 2.24) is 4.90 Å². The highest BCUT2D eigenvalue weighted by Gasteiger charge is 2.22. The molecular weight excluding hydrogens is 224 g/mol. The number of likely N-dealkylation sites (tertiary alicyclic amines) is 1. The summed E-state index contributed by atoms with van der Waals surface area (Å²) in [7, 11) is 1.71. The summed E-state index contributed by atoms with van der Waals surface area (Å²) in [5, 5.41) is 0. The van der Waals surface area contributed by atoms with E-state index in [-0.39, 0.29) is 0 Å². The Morgan fingerprint density at radius 3 is 3.00 bits per heavy atom. The highest BCUT2D eigenvalue weighted by Crippen LogP contribution is 2.27. The Morgan fingerprint density at radius 1 is 1.44 bits per heavy atom. The van der Waals surface area contributed by atoms with E-state index in [2.05, 4.69) is 17.9 Å². The average molecular weight is 248 g/mol. The van der Waals surface area contributed by atoms with Crippen LogP contribution >= 0.6 is 0 Å². The summed E-state index contributed by atoms with van der Waals surface area (Å²) in [5.41, 5.74) is 7.78. The van der Waals surface area contributed by atoms with Gasteiger partial charge in [0.2, 0.25) is 0 Å².